The van der Waals surface area contributed by atoms with E-state index in [-0.39, 0.29) is 12.1 Å². The average Bonchev–Trinajstić information content (AvgIpc) is 2.60. The highest BCUT2D eigenvalue weighted by Crippen LogP contribution is 2.14. The molecule has 0 N–H and O–H groups in total. The van der Waals surface area contributed by atoms with Gasteiger partial charge in [-0.15, -0.1) is 0 Å². The van der Waals surface area contributed by atoms with E-state index in [9.17, 15) is 4.79 Å². The Morgan fingerprint density at radius 1 is 0.840 bits per heavy atom. The minimum atomic E-state index is -0.199. The lowest BCUT2D eigenvalue weighted by Gasteiger charge is -2.13. The molecule has 1 atom stereocenters. The van der Waals surface area contributed by atoms with Crippen LogP contribution in [0.4, 0.5) is 0 Å². The van der Waals surface area contributed by atoms with Crippen molar-refractivity contribution in [1.29, 1.82) is 0 Å². The van der Waals surface area contributed by atoms with Crippen molar-refractivity contribution in [3.8, 4) is 0 Å². The summed E-state index contributed by atoms with van der Waals surface area (Å²) in [5.74, 6) is -0.199. The third-order valence-electron chi connectivity index (χ3n) is 4.81. The Labute approximate surface area is 155 Å². The van der Waals surface area contributed by atoms with Gasteiger partial charge in [0.05, 0.1) is 11.7 Å². The molecule has 1 rings (SSSR count). The zero-order valence-electron chi connectivity index (χ0n) is 16.7. The maximum Gasteiger partial charge on any atom is 0.338 e. The summed E-state index contributed by atoms with van der Waals surface area (Å²) < 4.78 is 5.53. The molecule has 0 aliphatic rings. The van der Waals surface area contributed by atoms with E-state index >= 15 is 0 Å². The first kappa shape index (κ1) is 21.7. The average molecular weight is 347 g/mol. The van der Waals surface area contributed by atoms with Crippen LogP contribution in [0.3, 0.4) is 0 Å². The van der Waals surface area contributed by atoms with Gasteiger partial charge in [-0.25, -0.2) is 4.79 Å². The Morgan fingerprint density at radius 2 is 1.32 bits per heavy atom. The second-order valence-corrected chi connectivity index (χ2v) is 7.41. The van der Waals surface area contributed by atoms with E-state index in [0.717, 1.165) is 18.4 Å². The summed E-state index contributed by atoms with van der Waals surface area (Å²) in [5.41, 5.74) is 1.81. The summed E-state index contributed by atoms with van der Waals surface area (Å²) in [4.78, 5) is 12.0. The Balaban J connectivity index is 1.97. The van der Waals surface area contributed by atoms with Crippen molar-refractivity contribution in [1.82, 2.24) is 0 Å². The van der Waals surface area contributed by atoms with E-state index in [1.54, 1.807) is 0 Å². The molecule has 1 aromatic carbocycles. The fourth-order valence-corrected chi connectivity index (χ4v) is 3.10. The monoisotopic (exact) mass is 346 g/mol. The number of esters is 1. The van der Waals surface area contributed by atoms with Gasteiger partial charge in [-0.1, -0.05) is 88.8 Å². The fourth-order valence-electron chi connectivity index (χ4n) is 3.10. The number of unbranched alkanes of at least 4 members (excludes halogenated alkanes) is 10. The molecule has 0 radical (unpaired) electrons. The van der Waals surface area contributed by atoms with Crippen molar-refractivity contribution in [2.45, 2.75) is 104 Å². The Kier molecular flexibility index (Phi) is 12.1. The third kappa shape index (κ3) is 11.0. The summed E-state index contributed by atoms with van der Waals surface area (Å²) in [6.07, 6.45) is 15.8. The van der Waals surface area contributed by atoms with Crippen LogP contribution in [0.2, 0.25) is 0 Å². The second kappa shape index (κ2) is 13.9. The number of carbonyl (C=O) groups is 1. The van der Waals surface area contributed by atoms with Gasteiger partial charge < -0.3 is 4.74 Å². The molecule has 0 fully saturated rings. The zero-order chi connectivity index (χ0) is 18.3. The molecule has 2 heteroatoms. The topological polar surface area (TPSA) is 26.3 Å². The van der Waals surface area contributed by atoms with Gasteiger partial charge in [0.25, 0.3) is 0 Å². The molecule has 0 heterocycles. The van der Waals surface area contributed by atoms with E-state index in [2.05, 4.69) is 6.92 Å². The standard InChI is InChI=1S/C23H38O2/c1-4-5-6-7-8-9-10-11-12-13-14-15-21(3)25-23(24)22-18-16-20(2)17-19-22/h16-19,21H,4-15H2,1-3H3. The lowest BCUT2D eigenvalue weighted by atomic mass is 10.0. The van der Waals surface area contributed by atoms with Gasteiger partial charge in [0.1, 0.15) is 0 Å². The van der Waals surface area contributed by atoms with Gasteiger partial charge in [-0.3, -0.25) is 0 Å². The van der Waals surface area contributed by atoms with Crippen LogP contribution in [0.1, 0.15) is 107 Å². The molecule has 25 heavy (non-hydrogen) atoms. The predicted molar refractivity (Wildman–Crippen MR) is 107 cm³/mol. The predicted octanol–water partition coefficient (Wildman–Crippen LogP) is 7.24. The highest BCUT2D eigenvalue weighted by molar-refractivity contribution is 5.89. The van der Waals surface area contributed by atoms with Gasteiger partial charge in [-0.2, -0.15) is 0 Å². The van der Waals surface area contributed by atoms with Gasteiger partial charge in [0.15, 0.2) is 0 Å². The number of benzene rings is 1. The molecule has 0 spiro atoms. The quantitative estimate of drug-likeness (QED) is 0.262. The molecule has 0 aliphatic heterocycles. The number of carbonyl (C=O) groups excluding carboxylic acids is 1. The first-order chi connectivity index (χ1) is 12.1. The van der Waals surface area contributed by atoms with Crippen molar-refractivity contribution in [3.63, 3.8) is 0 Å². The summed E-state index contributed by atoms with van der Waals surface area (Å²) in [5, 5.41) is 0. The van der Waals surface area contributed by atoms with E-state index in [0.29, 0.717) is 5.56 Å². The van der Waals surface area contributed by atoms with E-state index in [1.165, 1.54) is 64.2 Å². The SMILES string of the molecule is CCCCCCCCCCCCCC(C)OC(=O)c1ccc(C)cc1. The number of hydrogen-bond acceptors (Lipinski definition) is 2. The minimum absolute atomic E-state index is 0.00682. The van der Waals surface area contributed by atoms with E-state index in [1.807, 2.05) is 38.1 Å². The molecule has 0 saturated carbocycles. The van der Waals surface area contributed by atoms with Gasteiger partial charge in [-0.05, 0) is 38.8 Å². The maximum absolute atomic E-state index is 12.0. The highest BCUT2D eigenvalue weighted by Gasteiger charge is 2.11. The minimum Gasteiger partial charge on any atom is -0.459 e. The molecule has 142 valence electrons. The van der Waals surface area contributed by atoms with Crippen LogP contribution in [-0.2, 0) is 4.74 Å². The molecular weight excluding hydrogens is 308 g/mol. The summed E-state index contributed by atoms with van der Waals surface area (Å²) >= 11 is 0. The van der Waals surface area contributed by atoms with Crippen LogP contribution in [-0.4, -0.2) is 12.1 Å². The van der Waals surface area contributed by atoms with Crippen LogP contribution in [0.25, 0.3) is 0 Å². The molecule has 0 aliphatic carbocycles. The Bertz CT molecular complexity index is 450. The molecule has 1 aromatic rings. The first-order valence-corrected chi connectivity index (χ1v) is 10.4. The highest BCUT2D eigenvalue weighted by atomic mass is 16.5. The zero-order valence-corrected chi connectivity index (χ0v) is 16.7. The Hall–Kier alpha value is -1.31. The third-order valence-corrected chi connectivity index (χ3v) is 4.81. The van der Waals surface area contributed by atoms with Crippen molar-refractivity contribution in [2.24, 2.45) is 0 Å². The Morgan fingerprint density at radius 3 is 1.84 bits per heavy atom. The molecule has 1 unspecified atom stereocenters. The van der Waals surface area contributed by atoms with Crippen molar-refractivity contribution in [3.05, 3.63) is 35.4 Å². The molecular formula is C23H38O2. The van der Waals surface area contributed by atoms with Crippen LogP contribution in [0.15, 0.2) is 24.3 Å². The molecule has 0 bridgehead atoms. The molecule has 0 aromatic heterocycles. The lowest BCUT2D eigenvalue weighted by Crippen LogP contribution is -2.15. The van der Waals surface area contributed by atoms with Gasteiger partial charge in [0, 0.05) is 0 Å². The number of ether oxygens (including phenoxy) is 1. The van der Waals surface area contributed by atoms with Crippen molar-refractivity contribution >= 4 is 5.97 Å². The van der Waals surface area contributed by atoms with Crippen LogP contribution in [0.5, 0.6) is 0 Å². The number of hydrogen-bond donors (Lipinski definition) is 0. The van der Waals surface area contributed by atoms with Gasteiger partial charge >= 0.3 is 5.97 Å². The summed E-state index contributed by atoms with van der Waals surface area (Å²) in [6.45, 7) is 6.29. The van der Waals surface area contributed by atoms with Crippen molar-refractivity contribution < 1.29 is 9.53 Å². The smallest absolute Gasteiger partial charge is 0.338 e. The van der Waals surface area contributed by atoms with Crippen LogP contribution in [0, 0.1) is 6.92 Å². The molecule has 2 nitrogen and oxygen atoms in total. The van der Waals surface area contributed by atoms with Crippen molar-refractivity contribution in [2.75, 3.05) is 0 Å². The first-order valence-electron chi connectivity index (χ1n) is 10.4. The maximum atomic E-state index is 12.0. The van der Waals surface area contributed by atoms with Gasteiger partial charge in [0.2, 0.25) is 0 Å². The van der Waals surface area contributed by atoms with E-state index in [4.69, 9.17) is 4.74 Å². The molecule has 0 saturated heterocycles. The van der Waals surface area contributed by atoms with Crippen LogP contribution >= 0.6 is 0 Å². The van der Waals surface area contributed by atoms with Crippen LogP contribution < -0.4 is 0 Å². The summed E-state index contributed by atoms with van der Waals surface area (Å²) in [6, 6.07) is 7.58. The number of aryl methyl sites for hydroxylation is 1. The normalized spacial score (nSPS) is 12.1. The molecule has 0 amide bonds. The van der Waals surface area contributed by atoms with E-state index < -0.39 is 0 Å². The summed E-state index contributed by atoms with van der Waals surface area (Å²) in [7, 11) is 0. The second-order valence-electron chi connectivity index (χ2n) is 7.41. The fraction of sp³-hybridized carbons (Fsp3) is 0.696. The lowest BCUT2D eigenvalue weighted by molar-refractivity contribution is 0.0319. The number of rotatable bonds is 14. The largest absolute Gasteiger partial charge is 0.459 e.